The van der Waals surface area contributed by atoms with Gasteiger partial charge < -0.3 is 0 Å². The monoisotopic (exact) mass is 350 g/mol. The molecule has 1 aromatic rings. The van der Waals surface area contributed by atoms with E-state index in [1.165, 1.54) is 17.1 Å². The van der Waals surface area contributed by atoms with Crippen LogP contribution < -0.4 is 0 Å². The summed E-state index contributed by atoms with van der Waals surface area (Å²) in [5, 5.41) is 3.78. The summed E-state index contributed by atoms with van der Waals surface area (Å²) in [5.74, 6) is -0.233. The molecular weight excluding hydrogens is 335 g/mol. The summed E-state index contributed by atoms with van der Waals surface area (Å²) >= 11 is 11.8. The van der Waals surface area contributed by atoms with Crippen LogP contribution in [0.3, 0.4) is 0 Å². The highest BCUT2D eigenvalue weighted by Gasteiger charge is 2.36. The molecule has 0 N–H and O–H groups in total. The first-order valence-corrected chi connectivity index (χ1v) is 8.94. The summed E-state index contributed by atoms with van der Waals surface area (Å²) in [6, 6.07) is 4.22. The van der Waals surface area contributed by atoms with Crippen LogP contribution in [0.15, 0.2) is 18.2 Å². The topological polar surface area (TPSA) is 57.7 Å². The Hall–Kier alpha value is -0.820. The summed E-state index contributed by atoms with van der Waals surface area (Å²) in [6.45, 7) is 0. The second-order valence-electron chi connectivity index (χ2n) is 5.21. The molecule has 8 heteroatoms. The van der Waals surface area contributed by atoms with Gasteiger partial charge in [0.25, 0.3) is 5.91 Å². The van der Waals surface area contributed by atoms with Crippen LogP contribution in [0.1, 0.15) is 16.8 Å². The van der Waals surface area contributed by atoms with Gasteiger partial charge in [0.05, 0.1) is 17.5 Å². The molecule has 0 bridgehead atoms. The van der Waals surface area contributed by atoms with Crippen LogP contribution in [0.4, 0.5) is 0 Å². The van der Waals surface area contributed by atoms with E-state index in [9.17, 15) is 13.2 Å². The summed E-state index contributed by atoms with van der Waals surface area (Å²) in [5.41, 5.74) is 0.338. The van der Waals surface area contributed by atoms with Crippen molar-refractivity contribution in [3.63, 3.8) is 0 Å². The van der Waals surface area contributed by atoms with Gasteiger partial charge in [-0.3, -0.25) is 9.80 Å². The summed E-state index contributed by atoms with van der Waals surface area (Å²) < 4.78 is 23.3. The van der Waals surface area contributed by atoms with Gasteiger partial charge in [0.1, 0.15) is 0 Å². The standard InChI is InChI=1S/C13H16Cl2N2O3S/c1-16(2)17(12-3-4-21(19,20)8-12)13(18)9-5-10(14)7-11(15)6-9/h5-7,12H,3-4,8H2,1-2H3. The summed E-state index contributed by atoms with van der Waals surface area (Å²) in [6.07, 6.45) is 0.431. The third-order valence-corrected chi connectivity index (χ3v) is 5.49. The quantitative estimate of drug-likeness (QED) is 0.783. The number of benzene rings is 1. The number of carbonyl (C=O) groups excluding carboxylic acids is 1. The molecule has 1 amide bonds. The predicted octanol–water partition coefficient (Wildman–Crippen LogP) is 2.10. The number of hydrogen-bond acceptors (Lipinski definition) is 4. The average Bonchev–Trinajstić information content (AvgIpc) is 2.67. The lowest BCUT2D eigenvalue weighted by molar-refractivity contribution is 0.00101. The number of sulfone groups is 1. The molecule has 0 spiro atoms. The number of nitrogens with zero attached hydrogens (tertiary/aromatic N) is 2. The fourth-order valence-corrected chi connectivity index (χ4v) is 4.67. The van der Waals surface area contributed by atoms with E-state index < -0.39 is 9.84 Å². The maximum absolute atomic E-state index is 12.7. The Labute approximate surface area is 134 Å². The van der Waals surface area contributed by atoms with Crippen molar-refractivity contribution in [1.82, 2.24) is 10.0 Å². The van der Waals surface area contributed by atoms with Crippen LogP contribution >= 0.6 is 23.2 Å². The molecule has 116 valence electrons. The van der Waals surface area contributed by atoms with Gasteiger partial charge in [0.15, 0.2) is 9.84 Å². The molecule has 1 aliphatic heterocycles. The van der Waals surface area contributed by atoms with Crippen molar-refractivity contribution in [2.45, 2.75) is 12.5 Å². The lowest BCUT2D eigenvalue weighted by Gasteiger charge is -2.33. The number of halogens is 2. The van der Waals surface area contributed by atoms with E-state index in [1.807, 2.05) is 0 Å². The first-order valence-electron chi connectivity index (χ1n) is 6.37. The van der Waals surface area contributed by atoms with Gasteiger partial charge in [-0.05, 0) is 24.6 Å². The fraction of sp³-hybridized carbons (Fsp3) is 0.462. The summed E-state index contributed by atoms with van der Waals surface area (Å²) in [7, 11) is 0.328. The van der Waals surface area contributed by atoms with Gasteiger partial charge >= 0.3 is 0 Å². The van der Waals surface area contributed by atoms with Crippen molar-refractivity contribution in [3.05, 3.63) is 33.8 Å². The van der Waals surface area contributed by atoms with Crippen LogP contribution in [0.5, 0.6) is 0 Å². The molecular formula is C13H16Cl2N2O3S. The molecule has 1 atom stereocenters. The molecule has 2 rings (SSSR count). The van der Waals surface area contributed by atoms with E-state index in [0.717, 1.165) is 0 Å². The molecule has 1 saturated heterocycles. The first kappa shape index (κ1) is 16.5. The molecule has 1 unspecified atom stereocenters. The number of carbonyl (C=O) groups is 1. The molecule has 21 heavy (non-hydrogen) atoms. The zero-order valence-corrected chi connectivity index (χ0v) is 14.0. The number of amides is 1. The molecule has 0 aliphatic carbocycles. The van der Waals surface area contributed by atoms with Crippen LogP contribution in [0.2, 0.25) is 10.0 Å². The molecule has 1 aromatic carbocycles. The fourth-order valence-electron chi connectivity index (χ4n) is 2.45. The molecule has 1 aliphatic rings. The van der Waals surface area contributed by atoms with E-state index in [1.54, 1.807) is 25.2 Å². The smallest absolute Gasteiger partial charge is 0.268 e. The van der Waals surface area contributed by atoms with E-state index >= 15 is 0 Å². The van der Waals surface area contributed by atoms with Crippen molar-refractivity contribution in [2.24, 2.45) is 0 Å². The lowest BCUT2D eigenvalue weighted by atomic mass is 10.1. The lowest BCUT2D eigenvalue weighted by Crippen LogP contribution is -2.49. The highest BCUT2D eigenvalue weighted by molar-refractivity contribution is 7.91. The molecule has 1 fully saturated rings. The maximum atomic E-state index is 12.7. The predicted molar refractivity (Wildman–Crippen MR) is 83.4 cm³/mol. The molecule has 0 radical (unpaired) electrons. The van der Waals surface area contributed by atoms with E-state index in [-0.39, 0.29) is 23.5 Å². The van der Waals surface area contributed by atoms with Gasteiger partial charge in [0.2, 0.25) is 0 Å². The summed E-state index contributed by atoms with van der Waals surface area (Å²) in [4.78, 5) is 12.7. The van der Waals surface area contributed by atoms with Crippen molar-refractivity contribution in [2.75, 3.05) is 25.6 Å². The Morgan fingerprint density at radius 2 is 1.76 bits per heavy atom. The second kappa shape index (κ2) is 6.12. The number of hydrogen-bond donors (Lipinski definition) is 0. The number of rotatable bonds is 3. The van der Waals surface area contributed by atoms with E-state index in [2.05, 4.69) is 0 Å². The third-order valence-electron chi connectivity index (χ3n) is 3.30. The van der Waals surface area contributed by atoms with Gasteiger partial charge in [0, 0.05) is 29.7 Å². The van der Waals surface area contributed by atoms with Gasteiger partial charge in [-0.1, -0.05) is 23.2 Å². The molecule has 0 saturated carbocycles. The SMILES string of the molecule is CN(C)N(C(=O)c1cc(Cl)cc(Cl)c1)C1CCS(=O)(=O)C1. The highest BCUT2D eigenvalue weighted by Crippen LogP contribution is 2.24. The van der Waals surface area contributed by atoms with Crippen molar-refractivity contribution < 1.29 is 13.2 Å². The normalized spacial score (nSPS) is 20.7. The number of hydrazine groups is 1. The van der Waals surface area contributed by atoms with Crippen LogP contribution in [0, 0.1) is 0 Å². The minimum absolute atomic E-state index is 0.0226. The van der Waals surface area contributed by atoms with E-state index in [0.29, 0.717) is 22.0 Å². The van der Waals surface area contributed by atoms with Gasteiger partial charge in [-0.15, -0.1) is 0 Å². The molecule has 0 aromatic heterocycles. The first-order chi connectivity index (χ1) is 9.69. The zero-order chi connectivity index (χ0) is 15.8. The Balaban J connectivity index is 2.32. The Bertz CT molecular complexity index is 641. The minimum atomic E-state index is -3.08. The third kappa shape index (κ3) is 3.88. The Morgan fingerprint density at radius 3 is 2.19 bits per heavy atom. The Morgan fingerprint density at radius 1 is 1.19 bits per heavy atom. The van der Waals surface area contributed by atoms with Crippen molar-refractivity contribution in [1.29, 1.82) is 0 Å². The maximum Gasteiger partial charge on any atom is 0.268 e. The molecule has 1 heterocycles. The van der Waals surface area contributed by atoms with Gasteiger partial charge in [-0.2, -0.15) is 0 Å². The zero-order valence-electron chi connectivity index (χ0n) is 11.7. The van der Waals surface area contributed by atoms with Crippen molar-refractivity contribution in [3.8, 4) is 0 Å². The van der Waals surface area contributed by atoms with E-state index in [4.69, 9.17) is 23.2 Å². The largest absolute Gasteiger partial charge is 0.268 e. The van der Waals surface area contributed by atoms with Crippen LogP contribution in [-0.4, -0.2) is 56.0 Å². The minimum Gasteiger partial charge on any atom is -0.268 e. The van der Waals surface area contributed by atoms with Crippen LogP contribution in [-0.2, 0) is 9.84 Å². The second-order valence-corrected chi connectivity index (χ2v) is 8.31. The average molecular weight is 351 g/mol. The van der Waals surface area contributed by atoms with Crippen molar-refractivity contribution >= 4 is 38.9 Å². The Kier molecular flexibility index (Phi) is 4.82. The molecule has 5 nitrogen and oxygen atoms in total. The van der Waals surface area contributed by atoms with Gasteiger partial charge in [-0.25, -0.2) is 13.4 Å². The highest BCUT2D eigenvalue weighted by atomic mass is 35.5. The van der Waals surface area contributed by atoms with Crippen LogP contribution in [0.25, 0.3) is 0 Å².